The van der Waals surface area contributed by atoms with Gasteiger partial charge in [0.2, 0.25) is 0 Å². The Kier molecular flexibility index (Phi) is 7.18. The highest BCUT2D eigenvalue weighted by atomic mass is 15.1. The van der Waals surface area contributed by atoms with Crippen molar-refractivity contribution in [2.24, 2.45) is 0 Å². The maximum Gasteiger partial charge on any atom is 0.0562 e. The second kappa shape index (κ2) is 12.5. The molecule has 9 aromatic carbocycles. The van der Waals surface area contributed by atoms with Crippen LogP contribution in [-0.4, -0.2) is 4.57 Å². The van der Waals surface area contributed by atoms with Gasteiger partial charge in [-0.05, 0) is 86.9 Å². The van der Waals surface area contributed by atoms with Gasteiger partial charge in [-0.25, -0.2) is 0 Å². The van der Waals surface area contributed by atoms with E-state index in [0.29, 0.717) is 0 Å². The third-order valence-electron chi connectivity index (χ3n) is 10.4. The number of nitrogens with zero attached hydrogens (tertiary/aromatic N) is 2. The van der Waals surface area contributed by atoms with Crippen LogP contribution in [0.4, 0.5) is 17.1 Å². The van der Waals surface area contributed by atoms with E-state index in [2.05, 4.69) is 216 Å². The van der Waals surface area contributed by atoms with Crippen LogP contribution in [0.1, 0.15) is 0 Å². The standard InChI is InChI=1S/C50H34N2/c1-3-12-35(13-4-1)37-22-27-41(28-23-37)51(42-29-24-38(25-30-42)36-14-5-2-6-15-36)43-31-32-46-49(34-43)52(47-21-11-18-39-16-7-9-19-44(39)47)48-33-26-40-17-8-10-20-45(40)50(46)48/h1-34H. The zero-order chi connectivity index (χ0) is 34.4. The first-order valence-electron chi connectivity index (χ1n) is 17.9. The van der Waals surface area contributed by atoms with Gasteiger partial charge in [-0.1, -0.05) is 158 Å². The Labute approximate surface area is 303 Å². The highest BCUT2D eigenvalue weighted by Gasteiger charge is 2.20. The van der Waals surface area contributed by atoms with E-state index in [9.17, 15) is 0 Å². The molecular weight excluding hydrogens is 629 g/mol. The minimum Gasteiger partial charge on any atom is -0.310 e. The fourth-order valence-corrected chi connectivity index (χ4v) is 7.89. The average molecular weight is 663 g/mol. The van der Waals surface area contributed by atoms with Crippen LogP contribution in [0, 0.1) is 0 Å². The van der Waals surface area contributed by atoms with Gasteiger partial charge in [0.15, 0.2) is 0 Å². The second-order valence-corrected chi connectivity index (χ2v) is 13.4. The van der Waals surface area contributed by atoms with Gasteiger partial charge in [0, 0.05) is 33.2 Å². The Balaban J connectivity index is 1.22. The molecule has 2 nitrogen and oxygen atoms in total. The zero-order valence-corrected chi connectivity index (χ0v) is 28.5. The summed E-state index contributed by atoms with van der Waals surface area (Å²) in [6.07, 6.45) is 0. The maximum absolute atomic E-state index is 2.47. The van der Waals surface area contributed by atoms with Crippen LogP contribution in [0.25, 0.3) is 71.3 Å². The van der Waals surface area contributed by atoms with Crippen LogP contribution in [0.3, 0.4) is 0 Å². The quantitative estimate of drug-likeness (QED) is 0.172. The Morgan fingerprint density at radius 3 is 1.44 bits per heavy atom. The Morgan fingerprint density at radius 1 is 0.308 bits per heavy atom. The van der Waals surface area contributed by atoms with Gasteiger partial charge in [-0.15, -0.1) is 0 Å². The molecule has 244 valence electrons. The lowest BCUT2D eigenvalue weighted by Gasteiger charge is -2.26. The van der Waals surface area contributed by atoms with Crippen molar-refractivity contribution < 1.29 is 0 Å². The summed E-state index contributed by atoms with van der Waals surface area (Å²) in [4.78, 5) is 2.38. The van der Waals surface area contributed by atoms with Crippen LogP contribution in [0.5, 0.6) is 0 Å². The summed E-state index contributed by atoms with van der Waals surface area (Å²) in [6.45, 7) is 0. The molecule has 10 aromatic rings. The molecule has 0 N–H and O–H groups in total. The topological polar surface area (TPSA) is 8.17 Å². The molecule has 0 fully saturated rings. The molecule has 1 heterocycles. The van der Waals surface area contributed by atoms with Crippen molar-refractivity contribution in [3.8, 4) is 27.9 Å². The maximum atomic E-state index is 2.47. The number of fused-ring (bicyclic) bond motifs is 6. The number of hydrogen-bond acceptors (Lipinski definition) is 1. The molecule has 0 saturated heterocycles. The van der Waals surface area contributed by atoms with Crippen LogP contribution in [-0.2, 0) is 0 Å². The number of benzene rings is 9. The molecule has 0 bridgehead atoms. The third-order valence-corrected chi connectivity index (χ3v) is 10.4. The molecule has 2 heteroatoms. The third kappa shape index (κ3) is 5.04. The van der Waals surface area contributed by atoms with Gasteiger partial charge in [-0.3, -0.25) is 0 Å². The summed E-state index contributed by atoms with van der Waals surface area (Å²) in [7, 11) is 0. The molecule has 0 spiro atoms. The van der Waals surface area contributed by atoms with Crippen molar-refractivity contribution in [3.63, 3.8) is 0 Å². The highest BCUT2D eigenvalue weighted by Crippen LogP contribution is 2.43. The van der Waals surface area contributed by atoms with Crippen molar-refractivity contribution in [2.75, 3.05) is 4.90 Å². The summed E-state index contributed by atoms with van der Waals surface area (Å²) in [5.41, 5.74) is 11.7. The lowest BCUT2D eigenvalue weighted by Crippen LogP contribution is -2.10. The van der Waals surface area contributed by atoms with Gasteiger partial charge in [0.25, 0.3) is 0 Å². The summed E-state index contributed by atoms with van der Waals surface area (Å²) in [5.74, 6) is 0. The van der Waals surface area contributed by atoms with Gasteiger partial charge in [-0.2, -0.15) is 0 Å². The number of aromatic nitrogens is 1. The van der Waals surface area contributed by atoms with Gasteiger partial charge in [0.05, 0.1) is 16.7 Å². The van der Waals surface area contributed by atoms with E-state index in [4.69, 9.17) is 0 Å². The number of rotatable bonds is 6. The monoisotopic (exact) mass is 662 g/mol. The van der Waals surface area contributed by atoms with E-state index >= 15 is 0 Å². The minimum atomic E-state index is 1.10. The molecule has 0 radical (unpaired) electrons. The number of anilines is 3. The fraction of sp³-hybridized carbons (Fsp3) is 0. The van der Waals surface area contributed by atoms with Crippen LogP contribution < -0.4 is 4.90 Å². The molecule has 0 aliphatic heterocycles. The van der Waals surface area contributed by atoms with Crippen molar-refractivity contribution in [2.45, 2.75) is 0 Å². The Bertz CT molecular complexity index is 2780. The minimum absolute atomic E-state index is 1.10. The first-order chi connectivity index (χ1) is 25.8. The van der Waals surface area contributed by atoms with Crippen molar-refractivity contribution in [3.05, 3.63) is 206 Å². The van der Waals surface area contributed by atoms with Crippen molar-refractivity contribution in [1.29, 1.82) is 0 Å². The first-order valence-corrected chi connectivity index (χ1v) is 17.9. The van der Waals surface area contributed by atoms with Gasteiger partial charge >= 0.3 is 0 Å². The predicted octanol–water partition coefficient (Wildman–Crippen LogP) is 13.9. The molecule has 0 amide bonds. The van der Waals surface area contributed by atoms with Crippen LogP contribution >= 0.6 is 0 Å². The smallest absolute Gasteiger partial charge is 0.0562 e. The molecule has 0 aliphatic rings. The van der Waals surface area contributed by atoms with Crippen LogP contribution in [0.15, 0.2) is 206 Å². The second-order valence-electron chi connectivity index (χ2n) is 13.4. The normalized spacial score (nSPS) is 11.5. The average Bonchev–Trinajstić information content (AvgIpc) is 3.56. The SMILES string of the molecule is c1ccc(-c2ccc(N(c3ccc(-c4ccccc4)cc3)c3ccc4c5c6ccccc6ccc5n(-c5cccc6ccccc56)c4c3)cc2)cc1. The fourth-order valence-electron chi connectivity index (χ4n) is 7.89. The Hall–Kier alpha value is -6.90. The van der Waals surface area contributed by atoms with Crippen LogP contribution in [0.2, 0.25) is 0 Å². The van der Waals surface area contributed by atoms with E-state index in [1.54, 1.807) is 0 Å². The summed E-state index contributed by atoms with van der Waals surface area (Å²) in [6, 6.07) is 74.7. The molecule has 52 heavy (non-hydrogen) atoms. The first kappa shape index (κ1) is 30.0. The van der Waals surface area contributed by atoms with E-state index in [1.165, 1.54) is 71.3 Å². The van der Waals surface area contributed by atoms with Gasteiger partial charge in [0.1, 0.15) is 0 Å². The van der Waals surface area contributed by atoms with E-state index in [-0.39, 0.29) is 0 Å². The predicted molar refractivity (Wildman–Crippen MR) is 221 cm³/mol. The highest BCUT2D eigenvalue weighted by molar-refractivity contribution is 6.22. The molecular formula is C50H34N2. The zero-order valence-electron chi connectivity index (χ0n) is 28.5. The molecule has 10 rings (SSSR count). The molecule has 0 saturated carbocycles. The largest absolute Gasteiger partial charge is 0.310 e. The molecule has 0 atom stereocenters. The summed E-state index contributed by atoms with van der Waals surface area (Å²) < 4.78 is 2.47. The van der Waals surface area contributed by atoms with E-state index < -0.39 is 0 Å². The van der Waals surface area contributed by atoms with Crippen molar-refractivity contribution >= 4 is 60.4 Å². The lowest BCUT2D eigenvalue weighted by atomic mass is 10.0. The van der Waals surface area contributed by atoms with Crippen molar-refractivity contribution in [1.82, 2.24) is 4.57 Å². The number of hydrogen-bond donors (Lipinski definition) is 0. The van der Waals surface area contributed by atoms with E-state index in [1.807, 2.05) is 0 Å². The van der Waals surface area contributed by atoms with Gasteiger partial charge < -0.3 is 9.47 Å². The molecule has 0 unspecified atom stereocenters. The Morgan fingerprint density at radius 2 is 0.808 bits per heavy atom. The lowest BCUT2D eigenvalue weighted by molar-refractivity contribution is 1.19. The molecule has 1 aromatic heterocycles. The summed E-state index contributed by atoms with van der Waals surface area (Å²) in [5, 5.41) is 7.48. The molecule has 0 aliphatic carbocycles. The summed E-state index contributed by atoms with van der Waals surface area (Å²) >= 11 is 0. The van der Waals surface area contributed by atoms with E-state index in [0.717, 1.165) is 17.1 Å².